The largest absolute Gasteiger partial charge is 0.497 e. The molecule has 1 fully saturated rings. The molecule has 0 spiro atoms. The molecule has 4 rings (SSSR count). The number of aryl methyl sites for hydroxylation is 1. The third kappa shape index (κ3) is 3.63. The summed E-state index contributed by atoms with van der Waals surface area (Å²) in [6.45, 7) is 3.40. The van der Waals surface area contributed by atoms with Crippen LogP contribution in [0.1, 0.15) is 40.5 Å². The Labute approximate surface area is 164 Å². The Morgan fingerprint density at radius 1 is 1.11 bits per heavy atom. The molecule has 0 N–H and O–H groups in total. The summed E-state index contributed by atoms with van der Waals surface area (Å²) in [7, 11) is 1.62. The quantitative estimate of drug-likeness (QED) is 0.685. The van der Waals surface area contributed by atoms with E-state index in [0.29, 0.717) is 24.5 Å². The van der Waals surface area contributed by atoms with Crippen molar-refractivity contribution in [2.75, 3.05) is 20.2 Å². The molecule has 0 saturated carbocycles. The molecule has 1 aliphatic rings. The second-order valence-corrected chi connectivity index (χ2v) is 7.07. The van der Waals surface area contributed by atoms with E-state index in [1.165, 1.54) is 0 Å². The van der Waals surface area contributed by atoms with Crippen LogP contribution in [0.3, 0.4) is 0 Å². The number of amides is 1. The predicted octanol–water partition coefficient (Wildman–Crippen LogP) is 4.07. The predicted molar refractivity (Wildman–Crippen MR) is 105 cm³/mol. The lowest BCUT2D eigenvalue weighted by Crippen LogP contribution is -2.38. The van der Waals surface area contributed by atoms with Gasteiger partial charge in [-0.15, -0.1) is 0 Å². The summed E-state index contributed by atoms with van der Waals surface area (Å²) in [4.78, 5) is 19.2. The lowest BCUT2D eigenvalue weighted by atomic mass is 9.95. The highest BCUT2D eigenvalue weighted by molar-refractivity contribution is 5.94. The number of methoxy groups -OCH3 is 1. The van der Waals surface area contributed by atoms with Crippen molar-refractivity contribution in [1.82, 2.24) is 15.0 Å². The first-order valence-electron chi connectivity index (χ1n) is 9.48. The molecule has 0 atom stereocenters. The third-order valence-corrected chi connectivity index (χ3v) is 5.30. The van der Waals surface area contributed by atoms with Crippen molar-refractivity contribution in [2.45, 2.75) is 25.7 Å². The van der Waals surface area contributed by atoms with Crippen molar-refractivity contribution in [3.8, 4) is 17.2 Å². The summed E-state index contributed by atoms with van der Waals surface area (Å²) in [5.41, 5.74) is 2.76. The van der Waals surface area contributed by atoms with Gasteiger partial charge in [-0.2, -0.15) is 4.98 Å². The van der Waals surface area contributed by atoms with Gasteiger partial charge < -0.3 is 14.2 Å². The van der Waals surface area contributed by atoms with E-state index in [4.69, 9.17) is 9.26 Å². The monoisotopic (exact) mass is 377 g/mol. The number of hydrogen-bond acceptors (Lipinski definition) is 5. The molecule has 1 saturated heterocycles. The van der Waals surface area contributed by atoms with Crippen LogP contribution in [-0.2, 0) is 0 Å². The number of carbonyl (C=O) groups excluding carboxylic acids is 1. The van der Waals surface area contributed by atoms with Gasteiger partial charge in [0.2, 0.25) is 0 Å². The highest BCUT2D eigenvalue weighted by atomic mass is 16.5. The van der Waals surface area contributed by atoms with Gasteiger partial charge in [0.15, 0.2) is 5.82 Å². The number of piperidine rings is 1. The Kier molecular flexibility index (Phi) is 5.10. The fourth-order valence-electron chi connectivity index (χ4n) is 3.58. The first-order valence-corrected chi connectivity index (χ1v) is 9.48. The fourth-order valence-corrected chi connectivity index (χ4v) is 3.58. The van der Waals surface area contributed by atoms with E-state index in [1.54, 1.807) is 19.2 Å². The van der Waals surface area contributed by atoms with E-state index < -0.39 is 0 Å². The van der Waals surface area contributed by atoms with E-state index in [1.807, 2.05) is 48.2 Å². The summed E-state index contributed by atoms with van der Waals surface area (Å²) in [5.74, 6) is 2.30. The molecular formula is C22H23N3O3. The number of benzene rings is 2. The molecule has 28 heavy (non-hydrogen) atoms. The summed E-state index contributed by atoms with van der Waals surface area (Å²) < 4.78 is 10.6. The second kappa shape index (κ2) is 7.84. The van der Waals surface area contributed by atoms with Gasteiger partial charge in [-0.25, -0.2) is 0 Å². The molecule has 144 valence electrons. The van der Waals surface area contributed by atoms with Crippen LogP contribution in [0.5, 0.6) is 5.75 Å². The third-order valence-electron chi connectivity index (χ3n) is 5.30. The molecule has 0 bridgehead atoms. The van der Waals surface area contributed by atoms with Crippen LogP contribution >= 0.6 is 0 Å². The van der Waals surface area contributed by atoms with Gasteiger partial charge >= 0.3 is 0 Å². The van der Waals surface area contributed by atoms with E-state index in [0.717, 1.165) is 35.5 Å². The first-order chi connectivity index (χ1) is 13.7. The maximum absolute atomic E-state index is 12.7. The summed E-state index contributed by atoms with van der Waals surface area (Å²) >= 11 is 0. The molecule has 1 amide bonds. The number of rotatable bonds is 4. The Morgan fingerprint density at radius 3 is 2.50 bits per heavy atom. The fraction of sp³-hybridized carbons (Fsp3) is 0.318. The van der Waals surface area contributed by atoms with E-state index in [-0.39, 0.29) is 11.8 Å². The van der Waals surface area contributed by atoms with E-state index in [2.05, 4.69) is 10.1 Å². The smallest absolute Gasteiger partial charge is 0.258 e. The van der Waals surface area contributed by atoms with Crippen LogP contribution in [0.15, 0.2) is 53.1 Å². The first kappa shape index (κ1) is 18.2. The molecule has 2 heterocycles. The van der Waals surface area contributed by atoms with Gasteiger partial charge in [-0.3, -0.25) is 4.79 Å². The average Bonchev–Trinajstić information content (AvgIpc) is 3.24. The minimum absolute atomic E-state index is 0.0508. The van der Waals surface area contributed by atoms with Gasteiger partial charge in [0, 0.05) is 30.1 Å². The topological polar surface area (TPSA) is 68.5 Å². The van der Waals surface area contributed by atoms with Crippen molar-refractivity contribution < 1.29 is 14.1 Å². The van der Waals surface area contributed by atoms with Crippen LogP contribution in [0.2, 0.25) is 0 Å². The van der Waals surface area contributed by atoms with Gasteiger partial charge in [-0.05, 0) is 55.7 Å². The summed E-state index contributed by atoms with van der Waals surface area (Å²) in [5, 5.41) is 4.20. The van der Waals surface area contributed by atoms with Crippen molar-refractivity contribution in [1.29, 1.82) is 0 Å². The van der Waals surface area contributed by atoms with Crippen molar-refractivity contribution in [3.05, 3.63) is 65.5 Å². The van der Waals surface area contributed by atoms with Gasteiger partial charge in [0.25, 0.3) is 11.8 Å². The highest BCUT2D eigenvalue weighted by Gasteiger charge is 2.27. The van der Waals surface area contributed by atoms with Crippen molar-refractivity contribution in [2.24, 2.45) is 0 Å². The van der Waals surface area contributed by atoms with Gasteiger partial charge in [-0.1, -0.05) is 23.4 Å². The highest BCUT2D eigenvalue weighted by Crippen LogP contribution is 2.29. The van der Waals surface area contributed by atoms with Gasteiger partial charge in [0.1, 0.15) is 5.75 Å². The molecule has 0 unspecified atom stereocenters. The molecule has 2 aromatic carbocycles. The molecule has 6 heteroatoms. The summed E-state index contributed by atoms with van der Waals surface area (Å²) in [6, 6.07) is 15.2. The van der Waals surface area contributed by atoms with Crippen molar-refractivity contribution >= 4 is 5.91 Å². The SMILES string of the molecule is COc1ccc(C(=O)N2CCC(c3noc(-c4ccccc4C)n3)CC2)cc1. The molecular weight excluding hydrogens is 354 g/mol. The average molecular weight is 377 g/mol. The number of ether oxygens (including phenoxy) is 1. The van der Waals surface area contributed by atoms with Crippen LogP contribution in [0, 0.1) is 6.92 Å². The molecule has 1 aromatic heterocycles. The maximum Gasteiger partial charge on any atom is 0.258 e. The number of aromatic nitrogens is 2. The molecule has 0 radical (unpaired) electrons. The zero-order valence-electron chi connectivity index (χ0n) is 16.1. The van der Waals surface area contributed by atoms with E-state index >= 15 is 0 Å². The minimum Gasteiger partial charge on any atom is -0.497 e. The lowest BCUT2D eigenvalue weighted by molar-refractivity contribution is 0.0710. The standard InChI is InChI=1S/C22H23N3O3/c1-15-5-3-4-6-19(15)21-23-20(24-28-21)16-11-13-25(14-12-16)22(26)17-7-9-18(27-2)10-8-17/h3-10,16H,11-14H2,1-2H3. The lowest BCUT2D eigenvalue weighted by Gasteiger charge is -2.30. The maximum atomic E-state index is 12.7. The minimum atomic E-state index is 0.0508. The Bertz CT molecular complexity index is 957. The molecule has 0 aliphatic carbocycles. The van der Waals surface area contributed by atoms with Crippen LogP contribution in [0.25, 0.3) is 11.5 Å². The number of nitrogens with zero attached hydrogens (tertiary/aromatic N) is 3. The molecule has 1 aliphatic heterocycles. The molecule has 3 aromatic rings. The Balaban J connectivity index is 1.40. The molecule has 6 nitrogen and oxygen atoms in total. The van der Waals surface area contributed by atoms with E-state index in [9.17, 15) is 4.79 Å². The Morgan fingerprint density at radius 2 is 1.82 bits per heavy atom. The summed E-state index contributed by atoms with van der Waals surface area (Å²) in [6.07, 6.45) is 1.66. The van der Waals surface area contributed by atoms with Crippen molar-refractivity contribution in [3.63, 3.8) is 0 Å². The van der Waals surface area contributed by atoms with Crippen LogP contribution < -0.4 is 4.74 Å². The number of likely N-dealkylation sites (tertiary alicyclic amines) is 1. The Hall–Kier alpha value is -3.15. The zero-order valence-corrected chi connectivity index (χ0v) is 16.1. The van der Waals surface area contributed by atoms with Crippen LogP contribution in [-0.4, -0.2) is 41.1 Å². The second-order valence-electron chi connectivity index (χ2n) is 7.07. The van der Waals surface area contributed by atoms with Gasteiger partial charge in [0.05, 0.1) is 7.11 Å². The normalized spacial score (nSPS) is 14.9. The zero-order chi connectivity index (χ0) is 19.5. The number of carbonyl (C=O) groups is 1. The van der Waals surface area contributed by atoms with Crippen LogP contribution in [0.4, 0.5) is 0 Å². The number of hydrogen-bond donors (Lipinski definition) is 0.